The van der Waals surface area contributed by atoms with Crippen LogP contribution in [0.5, 0.6) is 0 Å². The van der Waals surface area contributed by atoms with Crippen LogP contribution in [0.15, 0.2) is 77.7 Å². The van der Waals surface area contributed by atoms with Crippen LogP contribution < -0.4 is 10.0 Å². The van der Waals surface area contributed by atoms with E-state index < -0.39 is 27.7 Å². The van der Waals surface area contributed by atoms with Gasteiger partial charge in [0.05, 0.1) is 15.3 Å². The minimum absolute atomic E-state index is 0.0442. The van der Waals surface area contributed by atoms with Gasteiger partial charge < -0.3 is 5.32 Å². The first-order chi connectivity index (χ1) is 15.5. The number of rotatable bonds is 5. The van der Waals surface area contributed by atoms with Crippen molar-refractivity contribution in [3.05, 3.63) is 88.3 Å². The minimum Gasteiger partial charge on any atom is -0.321 e. The summed E-state index contributed by atoms with van der Waals surface area (Å²) >= 11 is 6.85. The molecule has 0 saturated carbocycles. The fourth-order valence-corrected chi connectivity index (χ4v) is 5.10. The SMILES string of the molecule is O=C(Nc1ccc(NS(=O)(=O)c2ccc(Cl)cc2)cc1)c1cc2cc(C(F)(F)F)ccc2s1. The number of amides is 1. The molecule has 0 radical (unpaired) electrons. The zero-order valence-electron chi connectivity index (χ0n) is 16.5. The molecule has 1 aromatic heterocycles. The maximum atomic E-state index is 12.9. The Morgan fingerprint density at radius 1 is 0.879 bits per heavy atom. The Hall–Kier alpha value is -3.08. The highest BCUT2D eigenvalue weighted by Gasteiger charge is 2.30. The number of anilines is 2. The molecule has 4 rings (SSSR count). The van der Waals surface area contributed by atoms with Crippen LogP contribution >= 0.6 is 22.9 Å². The van der Waals surface area contributed by atoms with Gasteiger partial charge >= 0.3 is 6.18 Å². The van der Waals surface area contributed by atoms with Crippen molar-refractivity contribution in [2.45, 2.75) is 11.1 Å². The molecule has 0 aliphatic carbocycles. The van der Waals surface area contributed by atoms with Crippen molar-refractivity contribution in [3.8, 4) is 0 Å². The van der Waals surface area contributed by atoms with Gasteiger partial charge in [0.15, 0.2) is 0 Å². The molecule has 0 saturated heterocycles. The molecule has 170 valence electrons. The lowest BCUT2D eigenvalue weighted by Crippen LogP contribution is -2.13. The van der Waals surface area contributed by atoms with Crippen LogP contribution in [-0.4, -0.2) is 14.3 Å². The van der Waals surface area contributed by atoms with E-state index in [0.717, 1.165) is 23.5 Å². The lowest BCUT2D eigenvalue weighted by atomic mass is 10.1. The van der Waals surface area contributed by atoms with Crippen LogP contribution in [0.2, 0.25) is 5.02 Å². The predicted molar refractivity (Wildman–Crippen MR) is 123 cm³/mol. The molecule has 0 bridgehead atoms. The zero-order chi connectivity index (χ0) is 23.8. The van der Waals surface area contributed by atoms with E-state index in [4.69, 9.17) is 11.6 Å². The number of carbonyl (C=O) groups is 1. The molecule has 1 heterocycles. The predicted octanol–water partition coefficient (Wildman–Crippen LogP) is 6.63. The molecule has 2 N–H and O–H groups in total. The van der Waals surface area contributed by atoms with Crippen molar-refractivity contribution in [3.63, 3.8) is 0 Å². The Bertz CT molecular complexity index is 1430. The maximum absolute atomic E-state index is 12.9. The quantitative estimate of drug-likeness (QED) is 0.316. The zero-order valence-corrected chi connectivity index (χ0v) is 18.9. The summed E-state index contributed by atoms with van der Waals surface area (Å²) in [6.45, 7) is 0. The number of thiophene rings is 1. The van der Waals surface area contributed by atoms with Gasteiger partial charge in [-0.1, -0.05) is 11.6 Å². The number of halogens is 4. The highest BCUT2D eigenvalue weighted by Crippen LogP contribution is 2.34. The van der Waals surface area contributed by atoms with E-state index in [1.54, 1.807) is 0 Å². The number of sulfonamides is 1. The summed E-state index contributed by atoms with van der Waals surface area (Å²) in [7, 11) is -3.81. The average molecular weight is 511 g/mol. The first-order valence-electron chi connectivity index (χ1n) is 9.32. The molecule has 1 amide bonds. The van der Waals surface area contributed by atoms with Crippen molar-refractivity contribution >= 4 is 60.3 Å². The Kier molecular flexibility index (Phi) is 6.08. The summed E-state index contributed by atoms with van der Waals surface area (Å²) < 4.78 is 66.5. The largest absolute Gasteiger partial charge is 0.416 e. The summed E-state index contributed by atoms with van der Waals surface area (Å²) in [5, 5.41) is 3.39. The number of fused-ring (bicyclic) bond motifs is 1. The third-order valence-electron chi connectivity index (χ3n) is 4.59. The highest BCUT2D eigenvalue weighted by molar-refractivity contribution is 7.92. The average Bonchev–Trinajstić information content (AvgIpc) is 3.18. The normalized spacial score (nSPS) is 12.0. The number of carbonyl (C=O) groups excluding carboxylic acids is 1. The van der Waals surface area contributed by atoms with E-state index in [0.29, 0.717) is 20.8 Å². The summed E-state index contributed by atoms with van der Waals surface area (Å²) in [5.41, 5.74) is -0.108. The van der Waals surface area contributed by atoms with Crippen molar-refractivity contribution in [1.29, 1.82) is 0 Å². The molecule has 5 nitrogen and oxygen atoms in total. The minimum atomic E-state index is -4.46. The molecule has 0 fully saturated rings. The number of benzene rings is 3. The summed E-state index contributed by atoms with van der Waals surface area (Å²) in [6.07, 6.45) is -4.46. The van der Waals surface area contributed by atoms with E-state index in [2.05, 4.69) is 10.0 Å². The molecular formula is C22H14ClF3N2O3S2. The molecule has 0 unspecified atom stereocenters. The second-order valence-corrected chi connectivity index (χ2v) is 10.2. The standard InChI is InChI=1S/C22H14ClF3N2O3S2/c23-15-2-8-18(9-3-15)33(30,31)28-17-6-4-16(5-7-17)27-21(29)20-12-13-11-14(22(24,25)26)1-10-19(13)32-20/h1-12,28H,(H,27,29). The topological polar surface area (TPSA) is 75.3 Å². The summed E-state index contributed by atoms with van der Waals surface area (Å²) in [5.74, 6) is -0.487. The van der Waals surface area contributed by atoms with Gasteiger partial charge in [0, 0.05) is 21.1 Å². The molecule has 3 aromatic carbocycles. The van der Waals surface area contributed by atoms with Crippen LogP contribution in [0.3, 0.4) is 0 Å². The van der Waals surface area contributed by atoms with Gasteiger partial charge in [-0.15, -0.1) is 11.3 Å². The Labute approximate surface area is 195 Å². The van der Waals surface area contributed by atoms with Gasteiger partial charge in [0.1, 0.15) is 0 Å². The molecule has 0 aliphatic rings. The first-order valence-corrected chi connectivity index (χ1v) is 12.0. The van der Waals surface area contributed by atoms with Crippen molar-refractivity contribution in [2.75, 3.05) is 10.0 Å². The lowest BCUT2D eigenvalue weighted by molar-refractivity contribution is -0.137. The molecular weight excluding hydrogens is 497 g/mol. The molecule has 0 atom stereocenters. The fourth-order valence-electron chi connectivity index (χ4n) is 2.97. The second-order valence-electron chi connectivity index (χ2n) is 6.95. The van der Waals surface area contributed by atoms with Gasteiger partial charge in [0.2, 0.25) is 0 Å². The molecule has 4 aromatic rings. The monoisotopic (exact) mass is 510 g/mol. The van der Waals surface area contributed by atoms with Crippen molar-refractivity contribution in [1.82, 2.24) is 0 Å². The highest BCUT2D eigenvalue weighted by atomic mass is 35.5. The van der Waals surface area contributed by atoms with Gasteiger partial charge in [-0.25, -0.2) is 8.42 Å². The van der Waals surface area contributed by atoms with Crippen LogP contribution in [0.25, 0.3) is 10.1 Å². The van der Waals surface area contributed by atoms with Crippen LogP contribution in [0, 0.1) is 0 Å². The number of hydrogen-bond acceptors (Lipinski definition) is 4. The van der Waals surface area contributed by atoms with Gasteiger partial charge in [0.25, 0.3) is 15.9 Å². The molecule has 11 heteroatoms. The molecule has 0 spiro atoms. The van der Waals surface area contributed by atoms with E-state index in [-0.39, 0.29) is 15.5 Å². The summed E-state index contributed by atoms with van der Waals surface area (Å²) in [6, 6.07) is 16.4. The van der Waals surface area contributed by atoms with E-state index in [1.807, 2.05) is 0 Å². The lowest BCUT2D eigenvalue weighted by Gasteiger charge is -2.09. The Balaban J connectivity index is 1.46. The van der Waals surface area contributed by atoms with Crippen LogP contribution in [0.1, 0.15) is 15.2 Å². The number of hydrogen-bond donors (Lipinski definition) is 2. The number of alkyl halides is 3. The van der Waals surface area contributed by atoms with E-state index >= 15 is 0 Å². The van der Waals surface area contributed by atoms with Gasteiger partial charge in [-0.3, -0.25) is 9.52 Å². The Morgan fingerprint density at radius 3 is 2.15 bits per heavy atom. The third kappa shape index (κ3) is 5.29. The smallest absolute Gasteiger partial charge is 0.321 e. The third-order valence-corrected chi connectivity index (χ3v) is 7.35. The van der Waals surface area contributed by atoms with E-state index in [9.17, 15) is 26.4 Å². The molecule has 0 aliphatic heterocycles. The van der Waals surface area contributed by atoms with Gasteiger partial charge in [-0.05, 0) is 78.2 Å². The fraction of sp³-hybridized carbons (Fsp3) is 0.0455. The maximum Gasteiger partial charge on any atom is 0.416 e. The van der Waals surface area contributed by atoms with Gasteiger partial charge in [-0.2, -0.15) is 13.2 Å². The van der Waals surface area contributed by atoms with Crippen molar-refractivity contribution < 1.29 is 26.4 Å². The second kappa shape index (κ2) is 8.69. The first kappa shape index (κ1) is 23.1. The van der Waals surface area contributed by atoms with Crippen LogP contribution in [-0.2, 0) is 16.2 Å². The Morgan fingerprint density at radius 2 is 1.52 bits per heavy atom. The van der Waals surface area contributed by atoms with Crippen LogP contribution in [0.4, 0.5) is 24.5 Å². The number of nitrogens with one attached hydrogen (secondary N) is 2. The van der Waals surface area contributed by atoms with E-state index in [1.165, 1.54) is 60.7 Å². The summed E-state index contributed by atoms with van der Waals surface area (Å²) in [4.78, 5) is 12.8. The molecule has 33 heavy (non-hydrogen) atoms. The van der Waals surface area contributed by atoms with Crippen molar-refractivity contribution in [2.24, 2.45) is 0 Å².